The predicted octanol–water partition coefficient (Wildman–Crippen LogP) is -0.141. The molecule has 6 N–H and O–H groups in total. The predicted molar refractivity (Wildman–Crippen MR) is 118 cm³/mol. The Morgan fingerprint density at radius 3 is 2.68 bits per heavy atom. The highest BCUT2D eigenvalue weighted by Crippen LogP contribution is 2.39. The number of piperidine rings is 1. The van der Waals surface area contributed by atoms with Gasteiger partial charge in [0, 0.05) is 18.5 Å². The van der Waals surface area contributed by atoms with Crippen LogP contribution in [0.3, 0.4) is 0 Å². The fraction of sp³-hybridized carbons (Fsp3) is 0.545. The highest BCUT2D eigenvalue weighted by molar-refractivity contribution is 5.92. The number of rotatable bonds is 9. The van der Waals surface area contributed by atoms with Crippen LogP contribution in [0.5, 0.6) is 0 Å². The molecule has 2 aliphatic rings. The van der Waals surface area contributed by atoms with Crippen molar-refractivity contribution in [3.05, 3.63) is 35.9 Å². The zero-order valence-corrected chi connectivity index (χ0v) is 17.9. The van der Waals surface area contributed by atoms with Crippen LogP contribution < -0.4 is 22.1 Å². The molecule has 2 fully saturated rings. The van der Waals surface area contributed by atoms with Gasteiger partial charge >= 0.3 is 0 Å². The zero-order chi connectivity index (χ0) is 22.4. The highest BCUT2D eigenvalue weighted by Gasteiger charge is 2.49. The molecule has 1 aromatic carbocycles. The summed E-state index contributed by atoms with van der Waals surface area (Å²) in [7, 11) is 1.78. The number of hydrogen-bond acceptors (Lipinski definition) is 5. The van der Waals surface area contributed by atoms with Crippen LogP contribution in [-0.4, -0.2) is 66.7 Å². The molecule has 3 rings (SSSR count). The van der Waals surface area contributed by atoms with Crippen LogP contribution >= 0.6 is 0 Å². The summed E-state index contributed by atoms with van der Waals surface area (Å²) in [6.07, 6.45) is 3.91. The molecule has 0 bridgehead atoms. The second-order valence-electron chi connectivity index (χ2n) is 8.21. The van der Waals surface area contributed by atoms with Crippen molar-refractivity contribution in [1.29, 1.82) is 0 Å². The Morgan fingerprint density at radius 2 is 2.03 bits per heavy atom. The topological polar surface area (TPSA) is 143 Å². The van der Waals surface area contributed by atoms with Gasteiger partial charge in [-0.3, -0.25) is 14.6 Å². The number of fused-ring (bicyclic) bond motifs is 1. The van der Waals surface area contributed by atoms with Crippen LogP contribution in [0, 0.1) is 0 Å². The maximum absolute atomic E-state index is 13.3. The van der Waals surface area contributed by atoms with E-state index in [-0.39, 0.29) is 35.8 Å². The van der Waals surface area contributed by atoms with Crippen LogP contribution in [0.4, 0.5) is 0 Å². The lowest BCUT2D eigenvalue weighted by Gasteiger charge is -2.42. The minimum absolute atomic E-state index is 0.000177. The van der Waals surface area contributed by atoms with Crippen molar-refractivity contribution >= 4 is 24.1 Å². The molecule has 31 heavy (non-hydrogen) atoms. The molecule has 0 radical (unpaired) electrons. The summed E-state index contributed by atoms with van der Waals surface area (Å²) >= 11 is 0. The molecule has 0 spiro atoms. The van der Waals surface area contributed by atoms with Crippen LogP contribution in [0.25, 0.3) is 0 Å². The number of likely N-dealkylation sites (N-methyl/N-ethyl adjacent to an activating group) is 1. The molecule has 0 aromatic heterocycles. The molecule has 2 aliphatic heterocycles. The van der Waals surface area contributed by atoms with Crippen LogP contribution in [0.15, 0.2) is 35.3 Å². The Labute approximate surface area is 182 Å². The Morgan fingerprint density at radius 1 is 1.29 bits per heavy atom. The lowest BCUT2D eigenvalue weighted by atomic mass is 9.81. The van der Waals surface area contributed by atoms with E-state index in [9.17, 15) is 14.4 Å². The van der Waals surface area contributed by atoms with E-state index in [4.69, 9.17) is 11.5 Å². The third-order valence-corrected chi connectivity index (χ3v) is 6.25. The number of nitrogens with two attached hydrogens (primary N) is 2. The lowest BCUT2D eigenvalue weighted by molar-refractivity contribution is -0.145. The smallest absolute Gasteiger partial charge is 0.243 e. The molecule has 1 aromatic rings. The summed E-state index contributed by atoms with van der Waals surface area (Å²) in [6.45, 7) is 0.392. The van der Waals surface area contributed by atoms with Crippen LogP contribution in [-0.2, 0) is 14.4 Å². The number of nitrogens with one attached hydrogen (secondary N) is 2. The number of guanidine groups is 1. The molecule has 5 atom stereocenters. The molecule has 9 nitrogen and oxygen atoms in total. The van der Waals surface area contributed by atoms with Gasteiger partial charge in [0.05, 0.1) is 12.1 Å². The fourth-order valence-electron chi connectivity index (χ4n) is 4.79. The number of carbonyl (C=O) groups excluding carboxylic acids is 3. The molecule has 9 heteroatoms. The van der Waals surface area contributed by atoms with Crippen LogP contribution in [0.2, 0.25) is 0 Å². The molecule has 4 unspecified atom stereocenters. The van der Waals surface area contributed by atoms with E-state index in [1.54, 1.807) is 11.9 Å². The lowest BCUT2D eigenvalue weighted by Crippen LogP contribution is -2.60. The van der Waals surface area contributed by atoms with E-state index in [2.05, 4.69) is 15.6 Å². The van der Waals surface area contributed by atoms with Gasteiger partial charge in [0.2, 0.25) is 11.8 Å². The summed E-state index contributed by atoms with van der Waals surface area (Å²) in [5, 5.41) is 5.95. The highest BCUT2D eigenvalue weighted by atomic mass is 16.2. The number of aliphatic imine (C=N–C) groups is 1. The Kier molecular flexibility index (Phi) is 7.62. The van der Waals surface area contributed by atoms with Gasteiger partial charge in [0.25, 0.3) is 0 Å². The average molecular weight is 429 g/mol. The second-order valence-corrected chi connectivity index (χ2v) is 8.21. The molecule has 0 aliphatic carbocycles. The van der Waals surface area contributed by atoms with Gasteiger partial charge in [-0.1, -0.05) is 30.3 Å². The number of amides is 2. The Bertz CT molecular complexity index is 811. The van der Waals surface area contributed by atoms with Crippen molar-refractivity contribution < 1.29 is 14.4 Å². The maximum Gasteiger partial charge on any atom is 0.243 e. The monoisotopic (exact) mass is 428 g/mol. The maximum atomic E-state index is 13.3. The number of aldehydes is 1. The van der Waals surface area contributed by atoms with E-state index < -0.39 is 12.1 Å². The van der Waals surface area contributed by atoms with Gasteiger partial charge in [-0.25, -0.2) is 0 Å². The van der Waals surface area contributed by atoms with Crippen molar-refractivity contribution in [1.82, 2.24) is 15.5 Å². The largest absolute Gasteiger partial charge is 0.370 e. The number of nitrogens with zero attached hydrogens (tertiary/aromatic N) is 2. The average Bonchev–Trinajstić information content (AvgIpc) is 3.20. The molecular formula is C22H32N6O3. The summed E-state index contributed by atoms with van der Waals surface area (Å²) in [4.78, 5) is 43.3. The zero-order valence-electron chi connectivity index (χ0n) is 17.9. The molecule has 168 valence electrons. The quantitative estimate of drug-likeness (QED) is 0.187. The van der Waals surface area contributed by atoms with Gasteiger partial charge in [-0.15, -0.1) is 0 Å². The molecule has 0 saturated carbocycles. The van der Waals surface area contributed by atoms with Gasteiger partial charge in [-0.05, 0) is 44.7 Å². The summed E-state index contributed by atoms with van der Waals surface area (Å²) in [5.41, 5.74) is 11.7. The van der Waals surface area contributed by atoms with Crippen LogP contribution in [0.1, 0.15) is 43.6 Å². The van der Waals surface area contributed by atoms with Crippen molar-refractivity contribution in [3.63, 3.8) is 0 Å². The van der Waals surface area contributed by atoms with Crippen molar-refractivity contribution in [3.8, 4) is 0 Å². The van der Waals surface area contributed by atoms with Gasteiger partial charge < -0.3 is 31.8 Å². The van der Waals surface area contributed by atoms with Crippen molar-refractivity contribution in [2.45, 2.75) is 62.2 Å². The first-order valence-electron chi connectivity index (χ1n) is 10.8. The molecular weight excluding hydrogens is 396 g/mol. The van der Waals surface area contributed by atoms with E-state index >= 15 is 0 Å². The third kappa shape index (κ3) is 5.22. The Hall–Kier alpha value is -2.94. The second kappa shape index (κ2) is 10.4. The third-order valence-electron chi connectivity index (χ3n) is 6.25. The van der Waals surface area contributed by atoms with Gasteiger partial charge in [-0.2, -0.15) is 0 Å². The number of hydrogen-bond donors (Lipinski definition) is 4. The number of benzene rings is 1. The molecule has 2 saturated heterocycles. The summed E-state index contributed by atoms with van der Waals surface area (Å²) in [5.74, 6) is -0.260. The molecule has 2 heterocycles. The first kappa shape index (κ1) is 22.7. The first-order chi connectivity index (χ1) is 15.0. The van der Waals surface area contributed by atoms with Crippen molar-refractivity contribution in [2.24, 2.45) is 16.5 Å². The summed E-state index contributed by atoms with van der Waals surface area (Å²) < 4.78 is 0. The SMILES string of the molecule is CNC1C(=O)N2C(CCC2C(=O)N[C@H](C=O)CCCN=C(N)N)CC1c1ccccc1. The number of carbonyl (C=O) groups is 3. The summed E-state index contributed by atoms with van der Waals surface area (Å²) in [6, 6.07) is 8.49. The van der Waals surface area contributed by atoms with Gasteiger partial charge in [0.15, 0.2) is 5.96 Å². The van der Waals surface area contributed by atoms with Crippen molar-refractivity contribution in [2.75, 3.05) is 13.6 Å². The Balaban J connectivity index is 1.65. The van der Waals surface area contributed by atoms with E-state index in [1.807, 2.05) is 30.3 Å². The van der Waals surface area contributed by atoms with E-state index in [0.717, 1.165) is 24.7 Å². The normalized spacial score (nSPS) is 26.1. The van der Waals surface area contributed by atoms with E-state index in [1.165, 1.54) is 0 Å². The van der Waals surface area contributed by atoms with E-state index in [0.29, 0.717) is 25.8 Å². The van der Waals surface area contributed by atoms with Gasteiger partial charge in [0.1, 0.15) is 12.3 Å². The minimum atomic E-state index is -0.627. The standard InChI is InChI=1S/C22H32N6O3/c1-25-19-17(14-6-3-2-4-7-14)12-16-9-10-18(28(16)21(19)31)20(30)27-15(13-29)8-5-11-26-22(23)24/h2-4,6-7,13,15-19,25H,5,8-12H2,1H3,(H,27,30)(H4,23,24,26)/t15-,16?,17?,18?,19?/m0/s1. The first-order valence-corrected chi connectivity index (χ1v) is 10.8. The fourth-order valence-corrected chi connectivity index (χ4v) is 4.79. The molecule has 2 amide bonds. The minimum Gasteiger partial charge on any atom is -0.370 e.